The van der Waals surface area contributed by atoms with Gasteiger partial charge in [-0.25, -0.2) is 0 Å². The number of likely N-dealkylation sites (tertiary alicyclic amines) is 1. The second-order valence-corrected chi connectivity index (χ2v) is 5.60. The van der Waals surface area contributed by atoms with Crippen LogP contribution in [-0.4, -0.2) is 26.4 Å². The maximum Gasteiger partial charge on any atom is 0.154 e. The standard InChI is InChI=1S/C12H15BrN4O/c1-9-5-12(18-15-9)11-3-2-4-16(11)8-17-7-10(13)6-14-17/h5-7,11H,2-4,8H2,1H3. The summed E-state index contributed by atoms with van der Waals surface area (Å²) in [5.74, 6) is 0.969. The Hall–Kier alpha value is -1.14. The Labute approximate surface area is 114 Å². The Balaban J connectivity index is 1.75. The molecular formula is C12H15BrN4O. The highest BCUT2D eigenvalue weighted by Crippen LogP contribution is 2.32. The monoisotopic (exact) mass is 310 g/mol. The molecule has 1 aliphatic rings. The molecule has 0 radical (unpaired) electrons. The van der Waals surface area contributed by atoms with Crippen molar-refractivity contribution >= 4 is 15.9 Å². The van der Waals surface area contributed by atoms with Crippen LogP contribution in [0, 0.1) is 6.92 Å². The summed E-state index contributed by atoms with van der Waals surface area (Å²) < 4.78 is 8.34. The number of hydrogen-bond acceptors (Lipinski definition) is 4. The van der Waals surface area contributed by atoms with Gasteiger partial charge in [0.2, 0.25) is 0 Å². The number of halogens is 1. The molecule has 18 heavy (non-hydrogen) atoms. The first-order chi connectivity index (χ1) is 8.72. The third-order valence-corrected chi connectivity index (χ3v) is 3.68. The molecule has 5 nitrogen and oxygen atoms in total. The van der Waals surface area contributed by atoms with Gasteiger partial charge in [0, 0.05) is 18.8 Å². The fraction of sp³-hybridized carbons (Fsp3) is 0.500. The van der Waals surface area contributed by atoms with E-state index >= 15 is 0 Å². The molecule has 0 aromatic carbocycles. The maximum atomic E-state index is 5.39. The summed E-state index contributed by atoms with van der Waals surface area (Å²) in [6.07, 6.45) is 6.11. The summed E-state index contributed by atoms with van der Waals surface area (Å²) in [6, 6.07) is 2.36. The zero-order chi connectivity index (χ0) is 12.5. The molecule has 1 unspecified atom stereocenters. The SMILES string of the molecule is Cc1cc(C2CCCN2Cn2cc(Br)cn2)on1. The van der Waals surface area contributed by atoms with Crippen LogP contribution in [-0.2, 0) is 6.67 Å². The van der Waals surface area contributed by atoms with Gasteiger partial charge in [0.05, 0.1) is 29.1 Å². The van der Waals surface area contributed by atoms with Crippen LogP contribution in [0.2, 0.25) is 0 Å². The van der Waals surface area contributed by atoms with Gasteiger partial charge in [-0.05, 0) is 35.7 Å². The molecule has 0 bridgehead atoms. The highest BCUT2D eigenvalue weighted by atomic mass is 79.9. The van der Waals surface area contributed by atoms with E-state index < -0.39 is 0 Å². The zero-order valence-electron chi connectivity index (χ0n) is 10.2. The van der Waals surface area contributed by atoms with Gasteiger partial charge in [0.15, 0.2) is 5.76 Å². The fourth-order valence-electron chi connectivity index (χ4n) is 2.46. The van der Waals surface area contributed by atoms with Crippen molar-refractivity contribution in [1.82, 2.24) is 19.8 Å². The Kier molecular flexibility index (Phi) is 3.22. The van der Waals surface area contributed by atoms with Crippen molar-refractivity contribution in [2.75, 3.05) is 6.54 Å². The number of nitrogens with zero attached hydrogens (tertiary/aromatic N) is 4. The summed E-state index contributed by atoms with van der Waals surface area (Å²) in [7, 11) is 0. The first-order valence-electron chi connectivity index (χ1n) is 6.07. The number of hydrogen-bond donors (Lipinski definition) is 0. The lowest BCUT2D eigenvalue weighted by molar-refractivity contribution is 0.164. The highest BCUT2D eigenvalue weighted by Gasteiger charge is 2.29. The van der Waals surface area contributed by atoms with E-state index in [1.54, 1.807) is 0 Å². The lowest BCUT2D eigenvalue weighted by Gasteiger charge is -2.21. The van der Waals surface area contributed by atoms with E-state index in [1.165, 1.54) is 6.42 Å². The van der Waals surface area contributed by atoms with Gasteiger partial charge < -0.3 is 4.52 Å². The van der Waals surface area contributed by atoms with E-state index in [-0.39, 0.29) is 0 Å². The minimum absolute atomic E-state index is 0.328. The second-order valence-electron chi connectivity index (χ2n) is 4.68. The van der Waals surface area contributed by atoms with E-state index in [4.69, 9.17) is 4.52 Å². The van der Waals surface area contributed by atoms with Crippen molar-refractivity contribution < 1.29 is 4.52 Å². The lowest BCUT2D eigenvalue weighted by Crippen LogP contribution is -2.26. The number of aromatic nitrogens is 3. The van der Waals surface area contributed by atoms with E-state index in [9.17, 15) is 0 Å². The lowest BCUT2D eigenvalue weighted by atomic mass is 10.1. The molecule has 2 aromatic rings. The molecule has 0 spiro atoms. The van der Waals surface area contributed by atoms with Crippen LogP contribution < -0.4 is 0 Å². The molecule has 6 heteroatoms. The summed E-state index contributed by atoms with van der Waals surface area (Å²) in [5.41, 5.74) is 0.943. The molecule has 0 saturated carbocycles. The summed E-state index contributed by atoms with van der Waals surface area (Å²) in [6.45, 7) is 3.81. The Morgan fingerprint density at radius 3 is 3.11 bits per heavy atom. The fourth-order valence-corrected chi connectivity index (χ4v) is 2.79. The van der Waals surface area contributed by atoms with Crippen molar-refractivity contribution in [1.29, 1.82) is 0 Å². The molecule has 0 aliphatic carbocycles. The summed E-state index contributed by atoms with van der Waals surface area (Å²) >= 11 is 3.41. The summed E-state index contributed by atoms with van der Waals surface area (Å²) in [4.78, 5) is 2.37. The van der Waals surface area contributed by atoms with Crippen LogP contribution in [0.15, 0.2) is 27.5 Å². The Morgan fingerprint density at radius 1 is 1.56 bits per heavy atom. The van der Waals surface area contributed by atoms with E-state index in [2.05, 4.69) is 31.1 Å². The third-order valence-electron chi connectivity index (χ3n) is 3.27. The van der Waals surface area contributed by atoms with E-state index in [0.717, 1.165) is 35.6 Å². The Bertz CT molecular complexity index is 536. The molecule has 3 heterocycles. The maximum absolute atomic E-state index is 5.39. The minimum Gasteiger partial charge on any atom is -0.359 e. The molecule has 0 amide bonds. The van der Waals surface area contributed by atoms with E-state index in [1.807, 2.05) is 30.1 Å². The van der Waals surface area contributed by atoms with Crippen LogP contribution >= 0.6 is 15.9 Å². The molecule has 1 aliphatic heterocycles. The minimum atomic E-state index is 0.328. The normalized spacial score (nSPS) is 20.7. The Morgan fingerprint density at radius 2 is 2.44 bits per heavy atom. The molecule has 96 valence electrons. The van der Waals surface area contributed by atoms with Gasteiger partial charge in [0.25, 0.3) is 0 Å². The average molecular weight is 311 g/mol. The van der Waals surface area contributed by atoms with Crippen molar-refractivity contribution in [2.24, 2.45) is 0 Å². The van der Waals surface area contributed by atoms with Crippen molar-refractivity contribution in [2.45, 2.75) is 32.5 Å². The van der Waals surface area contributed by atoms with Gasteiger partial charge in [-0.15, -0.1) is 0 Å². The van der Waals surface area contributed by atoms with Gasteiger partial charge >= 0.3 is 0 Å². The highest BCUT2D eigenvalue weighted by molar-refractivity contribution is 9.10. The zero-order valence-corrected chi connectivity index (χ0v) is 11.8. The average Bonchev–Trinajstić information content (AvgIpc) is 3.01. The smallest absolute Gasteiger partial charge is 0.154 e. The van der Waals surface area contributed by atoms with Crippen molar-refractivity contribution in [3.05, 3.63) is 34.4 Å². The molecule has 1 atom stereocenters. The van der Waals surface area contributed by atoms with Crippen LogP contribution in [0.5, 0.6) is 0 Å². The second kappa shape index (κ2) is 4.85. The van der Waals surface area contributed by atoms with Crippen molar-refractivity contribution in [3.63, 3.8) is 0 Å². The molecule has 3 rings (SSSR count). The van der Waals surface area contributed by atoms with E-state index in [0.29, 0.717) is 6.04 Å². The van der Waals surface area contributed by atoms with Crippen LogP contribution in [0.1, 0.15) is 30.3 Å². The quantitative estimate of drug-likeness (QED) is 0.874. The third kappa shape index (κ3) is 2.35. The first-order valence-corrected chi connectivity index (χ1v) is 6.87. The van der Waals surface area contributed by atoms with Crippen LogP contribution in [0.25, 0.3) is 0 Å². The topological polar surface area (TPSA) is 47.1 Å². The largest absolute Gasteiger partial charge is 0.359 e. The molecule has 1 fully saturated rings. The molecule has 2 aromatic heterocycles. The predicted molar refractivity (Wildman–Crippen MR) is 69.8 cm³/mol. The van der Waals surface area contributed by atoms with Gasteiger partial charge in [-0.2, -0.15) is 5.10 Å². The van der Waals surface area contributed by atoms with Crippen LogP contribution in [0.4, 0.5) is 0 Å². The summed E-state index contributed by atoms with van der Waals surface area (Å²) in [5, 5.41) is 8.27. The van der Waals surface area contributed by atoms with Crippen LogP contribution in [0.3, 0.4) is 0 Å². The predicted octanol–water partition coefficient (Wildman–Crippen LogP) is 2.74. The molecular weight excluding hydrogens is 296 g/mol. The number of rotatable bonds is 3. The van der Waals surface area contributed by atoms with Gasteiger partial charge in [-0.3, -0.25) is 9.58 Å². The van der Waals surface area contributed by atoms with Gasteiger partial charge in [-0.1, -0.05) is 5.16 Å². The van der Waals surface area contributed by atoms with Gasteiger partial charge in [0.1, 0.15) is 0 Å². The molecule has 0 N–H and O–H groups in total. The van der Waals surface area contributed by atoms with Crippen molar-refractivity contribution in [3.8, 4) is 0 Å². The molecule has 1 saturated heterocycles. The number of aryl methyl sites for hydroxylation is 1. The first kappa shape index (κ1) is 11.9.